The summed E-state index contributed by atoms with van der Waals surface area (Å²) in [5.74, 6) is -1.43. The van der Waals surface area contributed by atoms with Crippen LogP contribution in [0.25, 0.3) is 6.08 Å². The maximum atomic E-state index is 11.1. The van der Waals surface area contributed by atoms with Crippen molar-refractivity contribution < 1.29 is 24.3 Å². The molecule has 1 aliphatic heterocycles. The van der Waals surface area contributed by atoms with Gasteiger partial charge in [-0.1, -0.05) is 75.9 Å². The van der Waals surface area contributed by atoms with Gasteiger partial charge in [0.25, 0.3) is 5.91 Å². The Morgan fingerprint density at radius 3 is 2.24 bits per heavy atom. The van der Waals surface area contributed by atoms with Crippen LogP contribution >= 0.6 is 0 Å². The Balaban J connectivity index is 0.000000488. The number of hydrogen-bond donors (Lipinski definition) is 3. The zero-order valence-corrected chi connectivity index (χ0v) is 19.4. The largest absolute Gasteiger partial charge is 0.481 e. The standard InChI is InChI=1S/C10H8N2O2.C8H17NO2.C6H10O2/c13-9-8(11-10(14)12-9)6-7-4-2-1-3-5-7;1-2-3-4-5-6-7-8-11-9-10;1-3-4-5(2)6(7)8/h1-6H,(H2,11,12,13,14);2-8H2,1H3;3,5H,1,4H2,2H3,(H,7,8). The van der Waals surface area contributed by atoms with Gasteiger partial charge in [0.2, 0.25) is 0 Å². The molecule has 1 atom stereocenters. The number of rotatable bonds is 12. The van der Waals surface area contributed by atoms with Gasteiger partial charge >= 0.3 is 12.0 Å². The number of carbonyl (C=O) groups excluding carboxylic acids is 2. The summed E-state index contributed by atoms with van der Waals surface area (Å²) in [6.07, 6.45) is 11.0. The normalized spacial score (nSPS) is 13.9. The molecule has 0 radical (unpaired) electrons. The number of carboxylic acid groups (broad SMARTS) is 1. The molecule has 33 heavy (non-hydrogen) atoms. The van der Waals surface area contributed by atoms with Crippen LogP contribution in [0.5, 0.6) is 0 Å². The Morgan fingerprint density at radius 1 is 1.12 bits per heavy atom. The van der Waals surface area contributed by atoms with E-state index in [0.717, 1.165) is 18.4 Å². The third kappa shape index (κ3) is 15.9. The van der Waals surface area contributed by atoms with Crippen molar-refractivity contribution in [1.82, 2.24) is 10.6 Å². The Labute approximate surface area is 195 Å². The average Bonchev–Trinajstić information content (AvgIpc) is 3.11. The van der Waals surface area contributed by atoms with Gasteiger partial charge < -0.3 is 15.3 Å². The summed E-state index contributed by atoms with van der Waals surface area (Å²) in [5.41, 5.74) is 1.15. The van der Waals surface area contributed by atoms with Crippen LogP contribution in [0.3, 0.4) is 0 Å². The summed E-state index contributed by atoms with van der Waals surface area (Å²) < 4.78 is 0. The van der Waals surface area contributed by atoms with E-state index in [9.17, 15) is 19.3 Å². The first kappa shape index (κ1) is 29.5. The first-order chi connectivity index (χ1) is 15.8. The van der Waals surface area contributed by atoms with Crippen LogP contribution in [-0.2, 0) is 14.4 Å². The molecule has 1 heterocycles. The number of imide groups is 1. The number of amides is 3. The molecule has 1 unspecified atom stereocenters. The zero-order valence-electron chi connectivity index (χ0n) is 19.4. The third-order valence-electron chi connectivity index (χ3n) is 4.41. The van der Waals surface area contributed by atoms with Crippen LogP contribution in [0.4, 0.5) is 4.79 Å². The molecular formula is C24H35N3O6. The fourth-order valence-corrected chi connectivity index (χ4v) is 2.53. The fraction of sp³-hybridized carbons (Fsp3) is 0.458. The summed E-state index contributed by atoms with van der Waals surface area (Å²) in [7, 11) is 0. The van der Waals surface area contributed by atoms with E-state index in [-0.39, 0.29) is 17.5 Å². The molecule has 3 amide bonds. The van der Waals surface area contributed by atoms with Crippen molar-refractivity contribution in [2.45, 2.75) is 58.8 Å². The monoisotopic (exact) mass is 461 g/mol. The third-order valence-corrected chi connectivity index (χ3v) is 4.41. The van der Waals surface area contributed by atoms with E-state index in [0.29, 0.717) is 13.0 Å². The summed E-state index contributed by atoms with van der Waals surface area (Å²) in [5, 5.41) is 15.1. The average molecular weight is 462 g/mol. The van der Waals surface area contributed by atoms with Crippen LogP contribution in [-0.4, -0.2) is 29.6 Å². The van der Waals surface area contributed by atoms with Gasteiger partial charge in [0.05, 0.1) is 5.92 Å². The summed E-state index contributed by atoms with van der Waals surface area (Å²) in [6, 6.07) is 8.84. The summed E-state index contributed by atoms with van der Waals surface area (Å²) in [6.45, 7) is 7.75. The Bertz CT molecular complexity index is 765. The van der Waals surface area contributed by atoms with E-state index in [1.165, 1.54) is 25.7 Å². The minimum atomic E-state index is -0.759. The molecule has 0 saturated carbocycles. The molecule has 0 spiro atoms. The number of carboxylic acids is 1. The molecule has 1 aliphatic rings. The zero-order chi connectivity index (χ0) is 24.9. The maximum absolute atomic E-state index is 11.1. The predicted molar refractivity (Wildman–Crippen MR) is 128 cm³/mol. The molecular weight excluding hydrogens is 426 g/mol. The van der Waals surface area contributed by atoms with Gasteiger partial charge in [0, 0.05) is 0 Å². The lowest BCUT2D eigenvalue weighted by atomic mass is 10.1. The van der Waals surface area contributed by atoms with Crippen molar-refractivity contribution >= 4 is 24.0 Å². The van der Waals surface area contributed by atoms with Crippen molar-refractivity contribution in [3.05, 3.63) is 59.2 Å². The molecule has 9 heteroatoms. The van der Waals surface area contributed by atoms with Gasteiger partial charge in [0.15, 0.2) is 5.34 Å². The Hall–Kier alpha value is -3.49. The molecule has 0 bridgehead atoms. The molecule has 182 valence electrons. The van der Waals surface area contributed by atoms with E-state index >= 15 is 0 Å². The summed E-state index contributed by atoms with van der Waals surface area (Å²) in [4.78, 5) is 45.7. The lowest BCUT2D eigenvalue weighted by molar-refractivity contribution is -0.141. The smallest absolute Gasteiger partial charge is 0.326 e. The van der Waals surface area contributed by atoms with Crippen molar-refractivity contribution in [2.75, 3.05) is 6.61 Å². The van der Waals surface area contributed by atoms with Crippen molar-refractivity contribution in [2.24, 2.45) is 11.3 Å². The van der Waals surface area contributed by atoms with Gasteiger partial charge in [-0.15, -0.1) is 11.5 Å². The second kappa shape index (κ2) is 19.2. The lowest BCUT2D eigenvalue weighted by Gasteiger charge is -1.97. The number of hydrogen-bond acceptors (Lipinski definition) is 6. The number of allylic oxidation sites excluding steroid dienone is 1. The SMILES string of the molecule is C=CCC(C)C(=O)O.CCCCCCCCON=O.O=C1NC(=O)C(=Cc2ccccc2)N1. The van der Waals surface area contributed by atoms with E-state index < -0.39 is 12.0 Å². The molecule has 9 nitrogen and oxygen atoms in total. The van der Waals surface area contributed by atoms with Crippen molar-refractivity contribution in [3.8, 4) is 0 Å². The lowest BCUT2D eigenvalue weighted by Crippen LogP contribution is -2.22. The van der Waals surface area contributed by atoms with E-state index in [1.807, 2.05) is 30.3 Å². The molecule has 1 aromatic carbocycles. The molecule has 2 rings (SSSR count). The number of carbonyl (C=O) groups is 3. The van der Waals surface area contributed by atoms with Crippen LogP contribution < -0.4 is 10.6 Å². The molecule has 0 aliphatic carbocycles. The van der Waals surface area contributed by atoms with Gasteiger partial charge in [-0.2, -0.15) is 0 Å². The highest BCUT2D eigenvalue weighted by Crippen LogP contribution is 2.07. The van der Waals surface area contributed by atoms with Crippen LogP contribution in [0.15, 0.2) is 54.0 Å². The Morgan fingerprint density at radius 2 is 1.76 bits per heavy atom. The van der Waals surface area contributed by atoms with Gasteiger partial charge in [-0.25, -0.2) is 4.79 Å². The molecule has 1 fully saturated rings. The topological polar surface area (TPSA) is 134 Å². The van der Waals surface area contributed by atoms with Crippen molar-refractivity contribution in [1.29, 1.82) is 0 Å². The Kier molecular flexibility index (Phi) is 17.2. The fourth-order valence-electron chi connectivity index (χ4n) is 2.53. The molecule has 0 aromatic heterocycles. The first-order valence-electron chi connectivity index (χ1n) is 11.0. The van der Waals surface area contributed by atoms with Crippen molar-refractivity contribution in [3.63, 3.8) is 0 Å². The first-order valence-corrected chi connectivity index (χ1v) is 11.0. The molecule has 1 aromatic rings. The number of nitrogens with one attached hydrogen (secondary N) is 2. The highest BCUT2D eigenvalue weighted by molar-refractivity contribution is 6.13. The van der Waals surface area contributed by atoms with Crippen LogP contribution in [0.2, 0.25) is 0 Å². The predicted octanol–water partition coefficient (Wildman–Crippen LogP) is 5.20. The van der Waals surface area contributed by atoms with E-state index in [4.69, 9.17) is 5.11 Å². The number of aliphatic carboxylic acids is 1. The highest BCUT2D eigenvalue weighted by atomic mass is 16.7. The highest BCUT2D eigenvalue weighted by Gasteiger charge is 2.22. The number of benzene rings is 1. The number of unbranched alkanes of at least 4 members (excludes halogenated alkanes) is 5. The second-order valence-electron chi connectivity index (χ2n) is 7.32. The van der Waals surface area contributed by atoms with Crippen LogP contribution in [0, 0.1) is 10.8 Å². The van der Waals surface area contributed by atoms with Gasteiger partial charge in [-0.3, -0.25) is 14.9 Å². The van der Waals surface area contributed by atoms with E-state index in [1.54, 1.807) is 19.1 Å². The van der Waals surface area contributed by atoms with Gasteiger partial charge in [0.1, 0.15) is 12.3 Å². The minimum Gasteiger partial charge on any atom is -0.481 e. The quantitative estimate of drug-likeness (QED) is 0.0978. The molecule has 1 saturated heterocycles. The number of urea groups is 1. The second-order valence-corrected chi connectivity index (χ2v) is 7.32. The van der Waals surface area contributed by atoms with E-state index in [2.05, 4.69) is 34.3 Å². The minimum absolute atomic E-state index is 0.279. The maximum Gasteiger partial charge on any atom is 0.326 e. The number of nitrogens with zero attached hydrogens (tertiary/aromatic N) is 1. The van der Waals surface area contributed by atoms with Crippen LogP contribution in [0.1, 0.15) is 64.4 Å². The summed E-state index contributed by atoms with van der Waals surface area (Å²) >= 11 is 0. The molecule has 3 N–H and O–H groups in total. The van der Waals surface area contributed by atoms with Gasteiger partial charge in [-0.05, 0) is 30.9 Å².